The topological polar surface area (TPSA) is 63.2 Å². The second-order valence-corrected chi connectivity index (χ2v) is 8.37. The Morgan fingerprint density at radius 2 is 1.34 bits per heavy atom. The van der Waals surface area contributed by atoms with Crippen LogP contribution in [0.15, 0.2) is 91.0 Å². The monoisotopic (exact) mass is 477 g/mol. The first kappa shape index (κ1) is 23.7. The Labute approximate surface area is 208 Å². The maximum Gasteiger partial charge on any atom is 0.304 e. The van der Waals surface area contributed by atoms with E-state index in [1.165, 1.54) is 6.92 Å². The summed E-state index contributed by atoms with van der Waals surface area (Å²) in [6.45, 7) is 2.49. The third-order valence-corrected chi connectivity index (χ3v) is 5.59. The van der Waals surface area contributed by atoms with Crippen molar-refractivity contribution in [3.8, 4) is 0 Å². The van der Waals surface area contributed by atoms with Crippen molar-refractivity contribution in [1.82, 2.24) is 0 Å². The molecule has 184 valence electrons. The zero-order valence-electron chi connectivity index (χ0n) is 20.8. The molecule has 0 bridgehead atoms. The molecule has 0 spiro atoms. The van der Waals surface area contributed by atoms with Crippen LogP contribution in [0.2, 0.25) is 0 Å². The van der Waals surface area contributed by atoms with Gasteiger partial charge < -0.3 is 23.7 Å². The number of esters is 1. The summed E-state index contributed by atoms with van der Waals surface area (Å²) in [5.74, 6) is -0.522. The molecule has 6 heteroatoms. The molecule has 1 aliphatic heterocycles. The fraction of sp³-hybridized carbons (Fsp3) is 0.345. The average Bonchev–Trinajstić information content (AvgIpc) is 2.90. The van der Waals surface area contributed by atoms with Crippen LogP contribution < -0.4 is 0 Å². The normalized spacial score (nSPS) is 24.5. The highest BCUT2D eigenvalue weighted by atomic mass is 16.7. The molecule has 1 saturated heterocycles. The highest BCUT2D eigenvalue weighted by Gasteiger charge is 2.42. The zero-order chi connectivity index (χ0) is 25.2. The second-order valence-electron chi connectivity index (χ2n) is 8.37. The minimum atomic E-state index is -1.09. The molecular weight excluding hydrogens is 444 g/mol. The van der Waals surface area contributed by atoms with E-state index >= 15 is 0 Å². The smallest absolute Gasteiger partial charge is 0.304 e. The molecule has 3 aromatic carbocycles. The van der Waals surface area contributed by atoms with Gasteiger partial charge in [0.2, 0.25) is 6.29 Å². The summed E-state index contributed by atoms with van der Waals surface area (Å²) in [6.07, 6.45) is -4.02. The van der Waals surface area contributed by atoms with Crippen molar-refractivity contribution in [1.29, 1.82) is 0 Å². The predicted octanol–water partition coefficient (Wildman–Crippen LogP) is 5.05. The van der Waals surface area contributed by atoms with E-state index in [4.69, 9.17) is 25.1 Å². The maximum absolute atomic E-state index is 11.8. The quantitative estimate of drug-likeness (QED) is 0.360. The maximum atomic E-state index is 11.8. The number of ether oxygens (including phenoxy) is 5. The Kier molecular flexibility index (Phi) is 8.91. The Morgan fingerprint density at radius 3 is 1.89 bits per heavy atom. The number of hydrogen-bond donors (Lipinski definition) is 0. The van der Waals surface area contributed by atoms with Gasteiger partial charge in [-0.1, -0.05) is 91.0 Å². The van der Waals surface area contributed by atoms with Crippen molar-refractivity contribution >= 4 is 5.97 Å². The van der Waals surface area contributed by atoms with Crippen molar-refractivity contribution in [2.24, 2.45) is 0 Å². The molecule has 1 heterocycles. The first-order valence-corrected chi connectivity index (χ1v) is 11.8. The molecule has 0 radical (unpaired) electrons. The van der Waals surface area contributed by atoms with E-state index < -0.39 is 37.0 Å². The summed E-state index contributed by atoms with van der Waals surface area (Å²) in [5, 5.41) is 0. The van der Waals surface area contributed by atoms with Gasteiger partial charge in [-0.25, -0.2) is 0 Å². The van der Waals surface area contributed by atoms with Crippen LogP contribution in [0.25, 0.3) is 0 Å². The SMILES string of the molecule is [2H]C1[C@@H](OC(C)=O)O[C@H](COCc2ccccc2)[C@@H](OCc2ccccc2)[C@@H]1OCc1ccccc1. The van der Waals surface area contributed by atoms with E-state index in [-0.39, 0.29) is 13.2 Å². The first-order chi connectivity index (χ1) is 17.6. The molecule has 1 aliphatic rings. The Bertz CT molecular complexity index is 1050. The van der Waals surface area contributed by atoms with Crippen molar-refractivity contribution in [3.63, 3.8) is 0 Å². The van der Waals surface area contributed by atoms with Crippen LogP contribution in [0, 0.1) is 0 Å². The Morgan fingerprint density at radius 1 is 0.829 bits per heavy atom. The van der Waals surface area contributed by atoms with E-state index in [9.17, 15) is 4.79 Å². The highest BCUT2D eigenvalue weighted by Crippen LogP contribution is 2.28. The summed E-state index contributed by atoms with van der Waals surface area (Å²) < 4.78 is 38.8. The minimum absolute atomic E-state index is 0.185. The molecule has 35 heavy (non-hydrogen) atoms. The molecule has 0 saturated carbocycles. The standard InChI is InChI=1S/C29H32O6/c1-22(30)34-28-17-26(32-19-24-13-7-3-8-14-24)29(33-20-25-15-9-4-10-16-25)27(35-28)21-31-18-23-11-5-2-6-12-23/h2-16,26-29H,17-21H2,1H3/t26-,27-,28+,29+/m1/s1/i17D/t17?,26-,27-,28+,29+. The molecule has 4 rings (SSSR count). The summed E-state index contributed by atoms with van der Waals surface area (Å²) in [7, 11) is 0. The molecule has 0 amide bonds. The number of hydrogen-bond acceptors (Lipinski definition) is 6. The fourth-order valence-electron chi connectivity index (χ4n) is 3.89. The van der Waals surface area contributed by atoms with Crippen LogP contribution in [0.1, 0.15) is 31.4 Å². The average molecular weight is 478 g/mol. The summed E-state index contributed by atoms with van der Waals surface area (Å²) in [4.78, 5) is 11.8. The van der Waals surface area contributed by atoms with E-state index in [1.54, 1.807) is 0 Å². The molecule has 3 aromatic rings. The van der Waals surface area contributed by atoms with Crippen LogP contribution in [-0.4, -0.2) is 37.2 Å². The zero-order valence-corrected chi connectivity index (χ0v) is 19.8. The van der Waals surface area contributed by atoms with Gasteiger partial charge in [-0.3, -0.25) is 4.79 Å². The molecule has 1 fully saturated rings. The Balaban J connectivity index is 1.52. The molecule has 5 atom stereocenters. The number of rotatable bonds is 11. The fourth-order valence-corrected chi connectivity index (χ4v) is 3.89. The van der Waals surface area contributed by atoms with Gasteiger partial charge in [0.05, 0.1) is 32.5 Å². The van der Waals surface area contributed by atoms with Gasteiger partial charge in [0.25, 0.3) is 0 Å². The summed E-state index contributed by atoms with van der Waals surface area (Å²) >= 11 is 0. The van der Waals surface area contributed by atoms with Crippen molar-refractivity contribution < 1.29 is 29.8 Å². The van der Waals surface area contributed by atoms with Gasteiger partial charge in [0.1, 0.15) is 12.2 Å². The number of carbonyl (C=O) groups is 1. The van der Waals surface area contributed by atoms with E-state index in [0.717, 1.165) is 16.7 Å². The van der Waals surface area contributed by atoms with E-state index in [0.29, 0.717) is 13.2 Å². The molecular formula is C29H32O6. The van der Waals surface area contributed by atoms with Crippen LogP contribution in [0.3, 0.4) is 0 Å². The van der Waals surface area contributed by atoms with Crippen LogP contribution >= 0.6 is 0 Å². The van der Waals surface area contributed by atoms with Crippen LogP contribution in [-0.2, 0) is 48.3 Å². The third-order valence-electron chi connectivity index (χ3n) is 5.59. The van der Waals surface area contributed by atoms with Gasteiger partial charge in [0.15, 0.2) is 0 Å². The van der Waals surface area contributed by atoms with Gasteiger partial charge in [-0.05, 0) is 16.7 Å². The molecule has 0 aliphatic carbocycles. The molecule has 0 N–H and O–H groups in total. The van der Waals surface area contributed by atoms with Crippen molar-refractivity contribution in [2.75, 3.05) is 6.61 Å². The Hall–Kier alpha value is -3.03. The van der Waals surface area contributed by atoms with Gasteiger partial charge in [-0.2, -0.15) is 0 Å². The van der Waals surface area contributed by atoms with Crippen LogP contribution in [0.5, 0.6) is 0 Å². The largest absolute Gasteiger partial charge is 0.436 e. The second kappa shape index (κ2) is 13.2. The van der Waals surface area contributed by atoms with Crippen molar-refractivity contribution in [3.05, 3.63) is 108 Å². The lowest BCUT2D eigenvalue weighted by atomic mass is 10.0. The lowest BCUT2D eigenvalue weighted by Gasteiger charge is -2.40. The number of benzene rings is 3. The summed E-state index contributed by atoms with van der Waals surface area (Å²) in [6, 6.07) is 29.4. The van der Waals surface area contributed by atoms with Crippen molar-refractivity contribution in [2.45, 2.75) is 57.7 Å². The molecule has 6 nitrogen and oxygen atoms in total. The van der Waals surface area contributed by atoms with Gasteiger partial charge >= 0.3 is 5.97 Å². The number of carbonyl (C=O) groups excluding carboxylic acids is 1. The predicted molar refractivity (Wildman–Crippen MR) is 131 cm³/mol. The first-order valence-electron chi connectivity index (χ1n) is 12.4. The minimum Gasteiger partial charge on any atom is -0.436 e. The molecule has 0 aromatic heterocycles. The lowest BCUT2D eigenvalue weighted by Crippen LogP contribution is -2.53. The van der Waals surface area contributed by atoms with Gasteiger partial charge in [0, 0.05) is 14.7 Å². The molecule has 1 unspecified atom stereocenters. The lowest BCUT2D eigenvalue weighted by molar-refractivity contribution is -0.271. The van der Waals surface area contributed by atoms with E-state index in [2.05, 4.69) is 0 Å². The van der Waals surface area contributed by atoms with E-state index in [1.807, 2.05) is 91.0 Å². The van der Waals surface area contributed by atoms with Crippen LogP contribution in [0.4, 0.5) is 0 Å². The van der Waals surface area contributed by atoms with Gasteiger partial charge in [-0.15, -0.1) is 0 Å². The third kappa shape index (κ3) is 8.01. The summed E-state index contributed by atoms with van der Waals surface area (Å²) in [5.41, 5.74) is 2.99. The highest BCUT2D eigenvalue weighted by molar-refractivity contribution is 5.66.